The van der Waals surface area contributed by atoms with Crippen molar-refractivity contribution in [1.29, 1.82) is 0 Å². The number of allylic oxidation sites excluding steroid dienone is 1. The number of benzene rings is 3. The second-order valence-electron chi connectivity index (χ2n) is 8.66. The van der Waals surface area contributed by atoms with E-state index in [2.05, 4.69) is 5.32 Å². The summed E-state index contributed by atoms with van der Waals surface area (Å²) in [4.78, 5) is 39.3. The molecule has 1 aliphatic heterocycles. The van der Waals surface area contributed by atoms with Gasteiger partial charge in [0.15, 0.2) is 6.61 Å². The highest BCUT2D eigenvalue weighted by Crippen LogP contribution is 2.36. The van der Waals surface area contributed by atoms with Crippen molar-refractivity contribution in [2.75, 3.05) is 18.6 Å². The van der Waals surface area contributed by atoms with E-state index in [9.17, 15) is 18.8 Å². The van der Waals surface area contributed by atoms with E-state index in [4.69, 9.17) is 9.47 Å². The van der Waals surface area contributed by atoms with Gasteiger partial charge in [-0.2, -0.15) is 0 Å². The summed E-state index contributed by atoms with van der Waals surface area (Å²) >= 11 is 0. The van der Waals surface area contributed by atoms with Crippen LogP contribution in [0.5, 0.6) is 5.75 Å². The lowest BCUT2D eigenvalue weighted by molar-refractivity contribution is -0.136. The van der Waals surface area contributed by atoms with Gasteiger partial charge in [0.1, 0.15) is 11.6 Å². The van der Waals surface area contributed by atoms with Crippen LogP contribution in [0.1, 0.15) is 31.0 Å². The fourth-order valence-electron chi connectivity index (χ4n) is 4.19. The predicted molar refractivity (Wildman–Crippen MR) is 142 cm³/mol. The molecule has 2 amide bonds. The molecule has 3 aromatic rings. The second kappa shape index (κ2) is 11.6. The van der Waals surface area contributed by atoms with Crippen LogP contribution in [-0.4, -0.2) is 31.5 Å². The summed E-state index contributed by atoms with van der Waals surface area (Å²) in [5.41, 5.74) is 2.06. The maximum absolute atomic E-state index is 14.5. The molecule has 38 heavy (non-hydrogen) atoms. The molecule has 1 N–H and O–H groups in total. The Morgan fingerprint density at radius 3 is 2.32 bits per heavy atom. The third-order valence-corrected chi connectivity index (χ3v) is 6.12. The zero-order valence-corrected chi connectivity index (χ0v) is 21.2. The molecule has 7 nitrogen and oxygen atoms in total. The summed E-state index contributed by atoms with van der Waals surface area (Å²) in [5.74, 6) is -1.63. The molecule has 0 saturated heterocycles. The first kappa shape index (κ1) is 26.3. The van der Waals surface area contributed by atoms with Gasteiger partial charge in [-0.25, -0.2) is 9.18 Å². The van der Waals surface area contributed by atoms with Crippen LogP contribution < -0.4 is 15.0 Å². The third kappa shape index (κ3) is 5.64. The molecule has 0 unspecified atom stereocenters. The van der Waals surface area contributed by atoms with Gasteiger partial charge in [0.25, 0.3) is 11.8 Å². The van der Waals surface area contributed by atoms with E-state index in [-0.39, 0.29) is 41.1 Å². The standard InChI is InChI=1S/C30H27FN2O5/c1-19(22-9-5-4-6-10-22)32-27(34)18-38-23-15-13-21(14-16-23)17-24-28(30(36)37-3)20(2)33(29(24)35)26-12-8-7-11-25(26)31/h4-17,19H,18H2,1-3H3,(H,32,34)/b24-17-/t19-/m0/s1. The van der Waals surface area contributed by atoms with E-state index < -0.39 is 17.7 Å². The highest BCUT2D eigenvalue weighted by molar-refractivity contribution is 6.23. The Bertz CT molecular complexity index is 1410. The molecule has 0 fully saturated rings. The van der Waals surface area contributed by atoms with Crippen molar-refractivity contribution in [2.24, 2.45) is 0 Å². The highest BCUT2D eigenvalue weighted by Gasteiger charge is 2.38. The van der Waals surface area contributed by atoms with Crippen LogP contribution in [0.25, 0.3) is 6.08 Å². The maximum Gasteiger partial charge on any atom is 0.340 e. The fourth-order valence-corrected chi connectivity index (χ4v) is 4.19. The molecule has 1 aliphatic rings. The number of carbonyl (C=O) groups is 3. The number of rotatable bonds is 8. The molecule has 4 rings (SSSR count). The quantitative estimate of drug-likeness (QED) is 0.339. The molecule has 0 aliphatic carbocycles. The smallest absolute Gasteiger partial charge is 0.340 e. The van der Waals surface area contributed by atoms with Crippen LogP contribution in [-0.2, 0) is 19.1 Å². The number of hydrogen-bond donors (Lipinski definition) is 1. The zero-order valence-electron chi connectivity index (χ0n) is 21.2. The van der Waals surface area contributed by atoms with Gasteiger partial charge in [-0.1, -0.05) is 54.6 Å². The topological polar surface area (TPSA) is 84.9 Å². The molecule has 1 heterocycles. The Kier molecular flexibility index (Phi) is 8.01. The molecule has 0 saturated carbocycles. The van der Waals surface area contributed by atoms with Crippen molar-refractivity contribution in [1.82, 2.24) is 5.32 Å². The minimum atomic E-state index is -0.698. The van der Waals surface area contributed by atoms with Crippen LogP contribution in [0.2, 0.25) is 0 Å². The molecule has 1 atom stereocenters. The molecule has 0 aromatic heterocycles. The Morgan fingerprint density at radius 2 is 1.66 bits per heavy atom. The van der Waals surface area contributed by atoms with Crippen LogP contribution in [0.3, 0.4) is 0 Å². The number of methoxy groups -OCH3 is 1. The Balaban J connectivity index is 1.48. The Morgan fingerprint density at radius 1 is 1.00 bits per heavy atom. The van der Waals surface area contributed by atoms with Gasteiger partial charge in [0.2, 0.25) is 0 Å². The van der Waals surface area contributed by atoms with Crippen molar-refractivity contribution in [3.63, 3.8) is 0 Å². The highest BCUT2D eigenvalue weighted by atomic mass is 19.1. The van der Waals surface area contributed by atoms with Crippen molar-refractivity contribution < 1.29 is 28.2 Å². The summed E-state index contributed by atoms with van der Waals surface area (Å²) in [6.45, 7) is 3.30. The van der Waals surface area contributed by atoms with E-state index in [1.165, 1.54) is 36.3 Å². The minimum absolute atomic E-state index is 0.0448. The Hall–Kier alpha value is -4.72. The zero-order chi connectivity index (χ0) is 27.2. The van der Waals surface area contributed by atoms with Gasteiger partial charge in [-0.15, -0.1) is 0 Å². The molecule has 0 spiro atoms. The molecule has 0 bridgehead atoms. The number of hydrogen-bond acceptors (Lipinski definition) is 5. The normalized spacial score (nSPS) is 15.0. The summed E-state index contributed by atoms with van der Waals surface area (Å²) < 4.78 is 25.0. The molecule has 3 aromatic carbocycles. The number of carbonyl (C=O) groups excluding carboxylic acids is 3. The van der Waals surface area contributed by atoms with Gasteiger partial charge in [0, 0.05) is 5.70 Å². The molecule has 8 heteroatoms. The monoisotopic (exact) mass is 514 g/mol. The number of amides is 2. The SMILES string of the molecule is COC(=O)C1=C(C)N(c2ccccc2F)C(=O)/C1=C\c1ccc(OCC(=O)N[C@@H](C)c2ccccc2)cc1. The lowest BCUT2D eigenvalue weighted by atomic mass is 10.0. The van der Waals surface area contributed by atoms with E-state index >= 15 is 0 Å². The fraction of sp³-hybridized carbons (Fsp3) is 0.167. The molecule has 0 radical (unpaired) electrons. The summed E-state index contributed by atoms with van der Waals surface area (Å²) in [6, 6.07) is 22.0. The van der Waals surface area contributed by atoms with E-state index in [1.54, 1.807) is 37.3 Å². The van der Waals surface area contributed by atoms with Crippen molar-refractivity contribution >= 4 is 29.5 Å². The minimum Gasteiger partial charge on any atom is -0.484 e. The summed E-state index contributed by atoms with van der Waals surface area (Å²) in [7, 11) is 1.22. The first-order valence-corrected chi connectivity index (χ1v) is 12.0. The maximum atomic E-state index is 14.5. The predicted octanol–water partition coefficient (Wildman–Crippen LogP) is 4.96. The number of nitrogens with zero attached hydrogens (tertiary/aromatic N) is 1. The van der Waals surface area contributed by atoms with Crippen LogP contribution in [0.4, 0.5) is 10.1 Å². The second-order valence-corrected chi connectivity index (χ2v) is 8.66. The molecular formula is C30H27FN2O5. The third-order valence-electron chi connectivity index (χ3n) is 6.12. The number of anilines is 1. The average molecular weight is 515 g/mol. The first-order valence-electron chi connectivity index (χ1n) is 12.0. The lowest BCUT2D eigenvalue weighted by Crippen LogP contribution is -2.31. The van der Waals surface area contributed by atoms with Crippen molar-refractivity contribution in [2.45, 2.75) is 19.9 Å². The first-order chi connectivity index (χ1) is 18.3. The van der Waals surface area contributed by atoms with Gasteiger partial charge in [-0.05, 0) is 55.3 Å². The van der Waals surface area contributed by atoms with Gasteiger partial charge < -0.3 is 14.8 Å². The van der Waals surface area contributed by atoms with E-state index in [0.717, 1.165) is 5.56 Å². The lowest BCUT2D eigenvalue weighted by Gasteiger charge is -2.18. The van der Waals surface area contributed by atoms with Crippen LogP contribution >= 0.6 is 0 Å². The van der Waals surface area contributed by atoms with Crippen LogP contribution in [0.15, 0.2) is 95.7 Å². The van der Waals surface area contributed by atoms with E-state index in [1.807, 2.05) is 37.3 Å². The van der Waals surface area contributed by atoms with Gasteiger partial charge in [-0.3, -0.25) is 14.5 Å². The van der Waals surface area contributed by atoms with Crippen LogP contribution in [0, 0.1) is 5.82 Å². The number of esters is 1. The summed E-state index contributed by atoms with van der Waals surface area (Å²) in [6.07, 6.45) is 1.54. The Labute approximate surface area is 220 Å². The number of ether oxygens (including phenoxy) is 2. The largest absolute Gasteiger partial charge is 0.484 e. The van der Waals surface area contributed by atoms with Crippen molar-refractivity contribution in [3.8, 4) is 5.75 Å². The van der Waals surface area contributed by atoms with Gasteiger partial charge in [0.05, 0.1) is 30.0 Å². The van der Waals surface area contributed by atoms with E-state index in [0.29, 0.717) is 11.3 Å². The number of halogens is 1. The number of nitrogens with one attached hydrogen (secondary N) is 1. The van der Waals surface area contributed by atoms with Crippen molar-refractivity contribution in [3.05, 3.63) is 113 Å². The summed E-state index contributed by atoms with van der Waals surface area (Å²) in [5, 5.41) is 2.89. The van der Waals surface area contributed by atoms with Gasteiger partial charge >= 0.3 is 5.97 Å². The average Bonchev–Trinajstić information content (AvgIpc) is 3.17. The number of para-hydroxylation sites is 1. The molecular weight excluding hydrogens is 487 g/mol. The molecule has 194 valence electrons.